The number of rotatable bonds is 6. The number of fused-ring (bicyclic) bond motifs is 1. The maximum absolute atomic E-state index is 12.7. The van der Waals surface area contributed by atoms with Gasteiger partial charge in [-0.05, 0) is 42.8 Å². The van der Waals surface area contributed by atoms with Crippen molar-refractivity contribution in [2.24, 2.45) is 0 Å². The van der Waals surface area contributed by atoms with Gasteiger partial charge in [-0.25, -0.2) is 4.98 Å². The van der Waals surface area contributed by atoms with E-state index in [9.17, 15) is 4.79 Å². The molecular formula is C25H21N7O. The van der Waals surface area contributed by atoms with Crippen molar-refractivity contribution >= 4 is 23.2 Å². The van der Waals surface area contributed by atoms with Crippen LogP contribution in [0.1, 0.15) is 21.6 Å². The van der Waals surface area contributed by atoms with Gasteiger partial charge in [0.15, 0.2) is 5.82 Å². The van der Waals surface area contributed by atoms with Gasteiger partial charge in [-0.15, -0.1) is 5.10 Å². The van der Waals surface area contributed by atoms with E-state index < -0.39 is 0 Å². The van der Waals surface area contributed by atoms with Crippen molar-refractivity contribution in [3.8, 4) is 11.4 Å². The number of hydrogen-bond donors (Lipinski definition) is 2. The molecule has 0 saturated heterocycles. The zero-order valence-electron chi connectivity index (χ0n) is 17.9. The van der Waals surface area contributed by atoms with E-state index in [4.69, 9.17) is 0 Å². The Morgan fingerprint density at radius 3 is 2.67 bits per heavy atom. The lowest BCUT2D eigenvalue weighted by atomic mass is 10.1. The largest absolute Gasteiger partial charge is 0.348 e. The van der Waals surface area contributed by atoms with Crippen LogP contribution in [-0.2, 0) is 6.54 Å². The van der Waals surface area contributed by atoms with Crippen molar-refractivity contribution < 1.29 is 4.79 Å². The Hall–Kier alpha value is -4.59. The van der Waals surface area contributed by atoms with E-state index in [0.29, 0.717) is 29.5 Å². The molecule has 2 aromatic carbocycles. The maximum Gasteiger partial charge on any atom is 0.254 e. The lowest BCUT2D eigenvalue weighted by Crippen LogP contribution is -2.22. The van der Waals surface area contributed by atoms with Gasteiger partial charge in [0.2, 0.25) is 0 Å². The van der Waals surface area contributed by atoms with Gasteiger partial charge in [0.25, 0.3) is 11.7 Å². The van der Waals surface area contributed by atoms with Crippen molar-refractivity contribution in [3.05, 3.63) is 102 Å². The van der Waals surface area contributed by atoms with E-state index in [2.05, 4.69) is 30.7 Å². The standard InChI is InChI=1S/C25H21N7O/c1-17-13-22(32-25(28-17)30-23(31-32)20-10-6-12-26-16-20)29-21-11-5-9-19(14-21)24(33)27-15-18-7-3-2-4-8-18/h2-14,16,29H,15H2,1H3,(H,27,33). The number of nitrogens with one attached hydrogen (secondary N) is 2. The highest BCUT2D eigenvalue weighted by molar-refractivity contribution is 5.95. The first kappa shape index (κ1) is 20.3. The number of aromatic nitrogens is 5. The summed E-state index contributed by atoms with van der Waals surface area (Å²) in [6, 6.07) is 22.8. The van der Waals surface area contributed by atoms with Crippen LogP contribution in [0, 0.1) is 6.92 Å². The molecule has 1 amide bonds. The zero-order valence-corrected chi connectivity index (χ0v) is 17.9. The van der Waals surface area contributed by atoms with E-state index in [1.165, 1.54) is 0 Å². The average molecular weight is 435 g/mol. The third kappa shape index (κ3) is 4.54. The predicted molar refractivity (Wildman–Crippen MR) is 126 cm³/mol. The first-order valence-electron chi connectivity index (χ1n) is 10.5. The highest BCUT2D eigenvalue weighted by Gasteiger charge is 2.13. The Kier molecular flexibility index (Phi) is 5.47. The molecule has 0 aliphatic rings. The molecular weight excluding hydrogens is 414 g/mol. The molecule has 0 saturated carbocycles. The molecule has 162 valence electrons. The molecule has 33 heavy (non-hydrogen) atoms. The summed E-state index contributed by atoms with van der Waals surface area (Å²) in [5.41, 5.74) is 3.97. The number of hydrogen-bond acceptors (Lipinski definition) is 6. The van der Waals surface area contributed by atoms with Crippen molar-refractivity contribution in [2.75, 3.05) is 5.32 Å². The van der Waals surface area contributed by atoms with Gasteiger partial charge in [-0.3, -0.25) is 9.78 Å². The number of amides is 1. The summed E-state index contributed by atoms with van der Waals surface area (Å²) in [4.78, 5) is 25.8. The second-order valence-electron chi connectivity index (χ2n) is 7.55. The second-order valence-corrected chi connectivity index (χ2v) is 7.55. The fraction of sp³-hybridized carbons (Fsp3) is 0.0800. The van der Waals surface area contributed by atoms with Crippen molar-refractivity contribution in [1.82, 2.24) is 29.9 Å². The van der Waals surface area contributed by atoms with Gasteiger partial charge in [0, 0.05) is 47.5 Å². The number of aryl methyl sites for hydroxylation is 1. The SMILES string of the molecule is Cc1cc(Nc2cccc(C(=O)NCc3ccccc3)c2)n2nc(-c3cccnc3)nc2n1. The summed E-state index contributed by atoms with van der Waals surface area (Å²) < 4.78 is 1.65. The quantitative estimate of drug-likeness (QED) is 0.416. The van der Waals surface area contributed by atoms with E-state index in [1.54, 1.807) is 29.0 Å². The molecule has 3 aromatic heterocycles. The van der Waals surface area contributed by atoms with E-state index in [1.807, 2.05) is 67.6 Å². The molecule has 0 aliphatic carbocycles. The number of benzene rings is 2. The first-order chi connectivity index (χ1) is 16.2. The summed E-state index contributed by atoms with van der Waals surface area (Å²) in [5.74, 6) is 1.58. The highest BCUT2D eigenvalue weighted by atomic mass is 16.1. The molecule has 0 aliphatic heterocycles. The van der Waals surface area contributed by atoms with Crippen LogP contribution in [0.3, 0.4) is 0 Å². The molecule has 0 spiro atoms. The summed E-state index contributed by atoms with van der Waals surface area (Å²) in [7, 11) is 0. The topological polar surface area (TPSA) is 97.1 Å². The second kappa shape index (κ2) is 8.88. The molecule has 0 atom stereocenters. The molecule has 5 aromatic rings. The Morgan fingerprint density at radius 1 is 0.970 bits per heavy atom. The fourth-order valence-electron chi connectivity index (χ4n) is 3.46. The normalized spacial score (nSPS) is 10.8. The molecule has 0 fully saturated rings. The first-order valence-corrected chi connectivity index (χ1v) is 10.5. The summed E-state index contributed by atoms with van der Waals surface area (Å²) >= 11 is 0. The number of carbonyl (C=O) groups is 1. The monoisotopic (exact) mass is 435 g/mol. The lowest BCUT2D eigenvalue weighted by molar-refractivity contribution is 0.0951. The molecule has 0 bridgehead atoms. The number of anilines is 2. The number of pyridine rings is 1. The minimum Gasteiger partial charge on any atom is -0.348 e. The lowest BCUT2D eigenvalue weighted by Gasteiger charge is -2.10. The van der Waals surface area contributed by atoms with Gasteiger partial charge in [-0.2, -0.15) is 9.50 Å². The smallest absolute Gasteiger partial charge is 0.254 e. The Labute approximate surface area is 190 Å². The molecule has 2 N–H and O–H groups in total. The molecule has 0 radical (unpaired) electrons. The predicted octanol–water partition coefficient (Wildman–Crippen LogP) is 4.17. The summed E-state index contributed by atoms with van der Waals surface area (Å²) in [6.07, 6.45) is 3.42. The van der Waals surface area contributed by atoms with Gasteiger partial charge < -0.3 is 10.6 Å². The third-order valence-electron chi connectivity index (χ3n) is 5.05. The molecule has 3 heterocycles. The fourth-order valence-corrected chi connectivity index (χ4v) is 3.46. The zero-order chi connectivity index (χ0) is 22.6. The minimum atomic E-state index is -0.141. The highest BCUT2D eigenvalue weighted by Crippen LogP contribution is 2.21. The molecule has 0 unspecified atom stereocenters. The molecule has 5 rings (SSSR count). The van der Waals surface area contributed by atoms with E-state index in [-0.39, 0.29) is 5.91 Å². The van der Waals surface area contributed by atoms with Crippen LogP contribution < -0.4 is 10.6 Å². The number of carbonyl (C=O) groups excluding carboxylic acids is 1. The summed E-state index contributed by atoms with van der Waals surface area (Å²) in [5, 5.41) is 10.9. The third-order valence-corrected chi connectivity index (χ3v) is 5.05. The Balaban J connectivity index is 1.39. The Morgan fingerprint density at radius 2 is 1.85 bits per heavy atom. The van der Waals surface area contributed by atoms with Crippen LogP contribution in [0.5, 0.6) is 0 Å². The van der Waals surface area contributed by atoms with E-state index >= 15 is 0 Å². The van der Waals surface area contributed by atoms with Crippen LogP contribution in [0.15, 0.2) is 85.2 Å². The van der Waals surface area contributed by atoms with Crippen molar-refractivity contribution in [2.45, 2.75) is 13.5 Å². The van der Waals surface area contributed by atoms with Gasteiger partial charge in [-0.1, -0.05) is 36.4 Å². The maximum atomic E-state index is 12.7. The van der Waals surface area contributed by atoms with Gasteiger partial charge in [0.1, 0.15) is 5.82 Å². The van der Waals surface area contributed by atoms with E-state index in [0.717, 1.165) is 22.5 Å². The van der Waals surface area contributed by atoms with Crippen LogP contribution in [0.4, 0.5) is 11.5 Å². The molecule has 8 heteroatoms. The molecule has 8 nitrogen and oxygen atoms in total. The van der Waals surface area contributed by atoms with Crippen molar-refractivity contribution in [3.63, 3.8) is 0 Å². The van der Waals surface area contributed by atoms with Crippen LogP contribution in [-0.4, -0.2) is 30.5 Å². The minimum absolute atomic E-state index is 0.141. The average Bonchev–Trinajstić information content (AvgIpc) is 3.28. The van der Waals surface area contributed by atoms with Crippen molar-refractivity contribution in [1.29, 1.82) is 0 Å². The Bertz CT molecular complexity index is 1420. The summed E-state index contributed by atoms with van der Waals surface area (Å²) in [6.45, 7) is 2.37. The number of nitrogens with zero attached hydrogens (tertiary/aromatic N) is 5. The van der Waals surface area contributed by atoms with Crippen LogP contribution in [0.25, 0.3) is 17.2 Å². The van der Waals surface area contributed by atoms with Gasteiger partial charge >= 0.3 is 0 Å². The van der Waals surface area contributed by atoms with Gasteiger partial charge in [0.05, 0.1) is 0 Å². The van der Waals surface area contributed by atoms with Crippen LogP contribution in [0.2, 0.25) is 0 Å². The van der Waals surface area contributed by atoms with Crippen LogP contribution >= 0.6 is 0 Å².